The Hall–Kier alpha value is -2.60. The van der Waals surface area contributed by atoms with Gasteiger partial charge in [-0.1, -0.05) is 36.4 Å². The molecular weight excluding hydrogens is 288 g/mol. The molecule has 3 aromatic rings. The number of benzene rings is 2. The Morgan fingerprint density at radius 3 is 2.43 bits per heavy atom. The van der Waals surface area contributed by atoms with Crippen molar-refractivity contribution in [3.05, 3.63) is 71.1 Å². The standard InChI is InChI=1S/C15H12N2O3S/c18-15-9-8-12(10-16-15)21(19,20)17-14-7-3-5-11-4-1-2-6-13(11)14/h1-10,17H,(H,16,18). The van der Waals surface area contributed by atoms with Crippen LogP contribution in [0.2, 0.25) is 0 Å². The smallest absolute Gasteiger partial charge is 0.263 e. The van der Waals surface area contributed by atoms with Crippen LogP contribution < -0.4 is 10.3 Å². The normalized spacial score (nSPS) is 11.4. The lowest BCUT2D eigenvalue weighted by Crippen LogP contribution is -2.15. The number of sulfonamides is 1. The van der Waals surface area contributed by atoms with E-state index in [1.54, 1.807) is 12.1 Å². The van der Waals surface area contributed by atoms with Crippen LogP contribution in [0.5, 0.6) is 0 Å². The second kappa shape index (κ2) is 5.06. The minimum atomic E-state index is -3.74. The lowest BCUT2D eigenvalue weighted by molar-refractivity contribution is 0.601. The Balaban J connectivity index is 2.05. The molecule has 1 heterocycles. The van der Waals surface area contributed by atoms with Gasteiger partial charge in [-0.05, 0) is 17.5 Å². The van der Waals surface area contributed by atoms with Gasteiger partial charge in [-0.3, -0.25) is 9.52 Å². The molecule has 21 heavy (non-hydrogen) atoms. The number of nitrogens with one attached hydrogen (secondary N) is 2. The maximum absolute atomic E-state index is 12.3. The summed E-state index contributed by atoms with van der Waals surface area (Å²) in [5.74, 6) is 0. The van der Waals surface area contributed by atoms with E-state index >= 15 is 0 Å². The van der Waals surface area contributed by atoms with Crippen molar-refractivity contribution in [1.29, 1.82) is 0 Å². The van der Waals surface area contributed by atoms with Crippen LogP contribution in [0.1, 0.15) is 0 Å². The Morgan fingerprint density at radius 1 is 0.905 bits per heavy atom. The third kappa shape index (κ3) is 2.66. The summed E-state index contributed by atoms with van der Waals surface area (Å²) in [4.78, 5) is 13.4. The molecule has 2 aromatic carbocycles. The fraction of sp³-hybridized carbons (Fsp3) is 0. The van der Waals surface area contributed by atoms with Gasteiger partial charge in [-0.2, -0.15) is 0 Å². The summed E-state index contributed by atoms with van der Waals surface area (Å²) >= 11 is 0. The van der Waals surface area contributed by atoms with Crippen LogP contribution in [0.15, 0.2) is 70.5 Å². The van der Waals surface area contributed by atoms with Crippen LogP contribution in [0, 0.1) is 0 Å². The lowest BCUT2D eigenvalue weighted by atomic mass is 10.1. The highest BCUT2D eigenvalue weighted by atomic mass is 32.2. The molecule has 0 aliphatic carbocycles. The van der Waals surface area contributed by atoms with Crippen LogP contribution in [0.3, 0.4) is 0 Å². The first kappa shape index (κ1) is 13.4. The molecule has 0 aliphatic heterocycles. The first-order valence-corrected chi connectivity index (χ1v) is 7.74. The predicted molar refractivity (Wildman–Crippen MR) is 81.8 cm³/mol. The van der Waals surface area contributed by atoms with E-state index in [2.05, 4.69) is 9.71 Å². The van der Waals surface area contributed by atoms with Crippen molar-refractivity contribution in [3.8, 4) is 0 Å². The van der Waals surface area contributed by atoms with E-state index in [4.69, 9.17) is 0 Å². The SMILES string of the molecule is O=c1ccc(S(=O)(=O)Nc2cccc3ccccc23)c[nH]1. The van der Waals surface area contributed by atoms with E-state index in [9.17, 15) is 13.2 Å². The molecule has 0 radical (unpaired) electrons. The Morgan fingerprint density at radius 2 is 1.67 bits per heavy atom. The second-order valence-corrected chi connectivity index (χ2v) is 6.20. The average Bonchev–Trinajstić information content (AvgIpc) is 2.48. The van der Waals surface area contributed by atoms with Gasteiger partial charge in [0, 0.05) is 17.6 Å². The van der Waals surface area contributed by atoms with Crippen molar-refractivity contribution < 1.29 is 8.42 Å². The van der Waals surface area contributed by atoms with E-state index < -0.39 is 10.0 Å². The van der Waals surface area contributed by atoms with E-state index in [0.29, 0.717) is 5.69 Å². The number of fused-ring (bicyclic) bond motifs is 1. The van der Waals surface area contributed by atoms with E-state index in [1.807, 2.05) is 30.3 Å². The van der Waals surface area contributed by atoms with Crippen molar-refractivity contribution in [2.75, 3.05) is 4.72 Å². The molecule has 1 aromatic heterocycles. The molecule has 0 fully saturated rings. The summed E-state index contributed by atoms with van der Waals surface area (Å²) in [6.07, 6.45) is 1.18. The van der Waals surface area contributed by atoms with Crippen molar-refractivity contribution in [3.63, 3.8) is 0 Å². The van der Waals surface area contributed by atoms with E-state index in [1.165, 1.54) is 18.3 Å². The molecule has 0 bridgehead atoms. The van der Waals surface area contributed by atoms with Gasteiger partial charge in [0.2, 0.25) is 5.56 Å². The van der Waals surface area contributed by atoms with Crippen LogP contribution in [0.4, 0.5) is 5.69 Å². The largest absolute Gasteiger partial charge is 0.328 e. The summed E-state index contributed by atoms with van der Waals surface area (Å²) in [6, 6.07) is 15.3. The monoisotopic (exact) mass is 300 g/mol. The number of anilines is 1. The zero-order chi connectivity index (χ0) is 14.9. The Bertz CT molecular complexity index is 936. The van der Waals surface area contributed by atoms with Crippen molar-refractivity contribution >= 4 is 26.5 Å². The van der Waals surface area contributed by atoms with Gasteiger partial charge < -0.3 is 4.98 Å². The molecule has 0 spiro atoms. The molecule has 3 rings (SSSR count). The van der Waals surface area contributed by atoms with Gasteiger partial charge in [0.05, 0.1) is 5.69 Å². The second-order valence-electron chi connectivity index (χ2n) is 4.52. The van der Waals surface area contributed by atoms with Crippen molar-refractivity contribution in [2.24, 2.45) is 0 Å². The molecule has 6 heteroatoms. The number of aromatic nitrogens is 1. The minimum absolute atomic E-state index is 0.00929. The topological polar surface area (TPSA) is 79.0 Å². The number of hydrogen-bond donors (Lipinski definition) is 2. The Kier molecular flexibility index (Phi) is 3.23. The predicted octanol–water partition coefficient (Wildman–Crippen LogP) is 2.33. The zero-order valence-electron chi connectivity index (χ0n) is 10.9. The molecule has 0 atom stereocenters. The lowest BCUT2D eigenvalue weighted by Gasteiger charge is -2.10. The Labute approximate surface area is 121 Å². The molecule has 5 nitrogen and oxygen atoms in total. The first-order chi connectivity index (χ1) is 10.1. The van der Waals surface area contributed by atoms with E-state index in [0.717, 1.165) is 10.8 Å². The minimum Gasteiger partial charge on any atom is -0.328 e. The zero-order valence-corrected chi connectivity index (χ0v) is 11.7. The summed E-state index contributed by atoms with van der Waals surface area (Å²) in [6.45, 7) is 0. The molecule has 0 saturated carbocycles. The molecule has 0 saturated heterocycles. The van der Waals surface area contributed by atoms with Gasteiger partial charge in [-0.25, -0.2) is 8.42 Å². The highest BCUT2D eigenvalue weighted by Crippen LogP contribution is 2.25. The average molecular weight is 300 g/mol. The maximum Gasteiger partial charge on any atom is 0.263 e. The summed E-state index contributed by atoms with van der Waals surface area (Å²) in [7, 11) is -3.74. The first-order valence-electron chi connectivity index (χ1n) is 6.26. The third-order valence-corrected chi connectivity index (χ3v) is 4.46. The molecule has 0 amide bonds. The highest BCUT2D eigenvalue weighted by molar-refractivity contribution is 7.92. The molecule has 106 valence electrons. The summed E-state index contributed by atoms with van der Waals surface area (Å²) in [5, 5.41) is 1.76. The van der Waals surface area contributed by atoms with Crippen LogP contribution >= 0.6 is 0 Å². The molecule has 0 aliphatic rings. The molecule has 0 unspecified atom stereocenters. The van der Waals surface area contributed by atoms with Gasteiger partial charge in [0.25, 0.3) is 10.0 Å². The fourth-order valence-electron chi connectivity index (χ4n) is 2.08. The van der Waals surface area contributed by atoms with Gasteiger partial charge in [0.1, 0.15) is 4.90 Å². The van der Waals surface area contributed by atoms with Gasteiger partial charge in [-0.15, -0.1) is 0 Å². The summed E-state index contributed by atoms with van der Waals surface area (Å²) in [5.41, 5.74) is 0.151. The van der Waals surface area contributed by atoms with Crippen molar-refractivity contribution in [2.45, 2.75) is 4.90 Å². The molecular formula is C15H12N2O3S. The fourth-order valence-corrected chi connectivity index (χ4v) is 3.13. The number of rotatable bonds is 3. The maximum atomic E-state index is 12.3. The third-order valence-electron chi connectivity index (χ3n) is 3.10. The molecule has 2 N–H and O–H groups in total. The number of pyridine rings is 1. The van der Waals surface area contributed by atoms with Crippen molar-refractivity contribution in [1.82, 2.24) is 4.98 Å². The van der Waals surface area contributed by atoms with Gasteiger partial charge >= 0.3 is 0 Å². The number of aromatic amines is 1. The highest BCUT2D eigenvalue weighted by Gasteiger charge is 2.15. The van der Waals surface area contributed by atoms with Crippen LogP contribution in [0.25, 0.3) is 10.8 Å². The number of H-pyrrole nitrogens is 1. The summed E-state index contributed by atoms with van der Waals surface area (Å²) < 4.78 is 27.2. The van der Waals surface area contributed by atoms with Crippen LogP contribution in [-0.2, 0) is 10.0 Å². The van der Waals surface area contributed by atoms with Gasteiger partial charge in [0.15, 0.2) is 0 Å². The van der Waals surface area contributed by atoms with E-state index in [-0.39, 0.29) is 10.5 Å². The quantitative estimate of drug-likeness (QED) is 0.779. The van der Waals surface area contributed by atoms with Crippen LogP contribution in [-0.4, -0.2) is 13.4 Å². The number of hydrogen-bond acceptors (Lipinski definition) is 3.